The number of halogens is 3. The number of anilines is 1. The number of hydrogen-bond donors (Lipinski definition) is 1. The van der Waals surface area contributed by atoms with Gasteiger partial charge in [-0.15, -0.1) is 0 Å². The summed E-state index contributed by atoms with van der Waals surface area (Å²) in [5.41, 5.74) is -0.576. The van der Waals surface area contributed by atoms with Gasteiger partial charge in [-0.1, -0.05) is 0 Å². The van der Waals surface area contributed by atoms with Gasteiger partial charge in [0.1, 0.15) is 17.0 Å². The summed E-state index contributed by atoms with van der Waals surface area (Å²) in [4.78, 5) is 24.5. The Morgan fingerprint density at radius 3 is 2.29 bits per heavy atom. The van der Waals surface area contributed by atoms with Crippen molar-refractivity contribution in [2.24, 2.45) is 0 Å². The monoisotopic (exact) mass is 393 g/mol. The molecule has 146 valence electrons. The molecule has 1 N–H and O–H groups in total. The number of fused-ring (bicyclic) bond motifs is 1. The maximum Gasteiger partial charge on any atom is 0.416 e. The second-order valence-corrected chi connectivity index (χ2v) is 5.69. The maximum atomic E-state index is 12.7. The molecule has 0 aliphatic rings. The van der Waals surface area contributed by atoms with Crippen LogP contribution in [0.3, 0.4) is 0 Å². The molecule has 0 unspecified atom stereocenters. The second kappa shape index (κ2) is 7.26. The Morgan fingerprint density at radius 1 is 1.04 bits per heavy atom. The summed E-state index contributed by atoms with van der Waals surface area (Å²) < 4.78 is 53.3. The van der Waals surface area contributed by atoms with Gasteiger partial charge in [0.15, 0.2) is 0 Å². The van der Waals surface area contributed by atoms with Crippen molar-refractivity contribution in [1.29, 1.82) is 0 Å². The number of esters is 1. The average Bonchev–Trinajstić information content (AvgIpc) is 3.04. The summed E-state index contributed by atoms with van der Waals surface area (Å²) in [5, 5.41) is 2.88. The highest BCUT2D eigenvalue weighted by atomic mass is 19.4. The summed E-state index contributed by atoms with van der Waals surface area (Å²) >= 11 is 0. The van der Waals surface area contributed by atoms with Gasteiger partial charge < -0.3 is 19.2 Å². The topological polar surface area (TPSA) is 77.8 Å². The number of ether oxygens (including phenoxy) is 2. The van der Waals surface area contributed by atoms with Gasteiger partial charge in [-0.3, -0.25) is 4.79 Å². The molecule has 0 aliphatic carbocycles. The number of carbonyl (C=O) groups is 2. The molecule has 1 amide bonds. The molecule has 3 aromatic rings. The van der Waals surface area contributed by atoms with E-state index in [9.17, 15) is 22.8 Å². The van der Waals surface area contributed by atoms with E-state index in [1.54, 1.807) is 18.2 Å². The Hall–Kier alpha value is -3.49. The fourth-order valence-electron chi connectivity index (χ4n) is 2.56. The molecule has 0 atom stereocenters. The van der Waals surface area contributed by atoms with Crippen LogP contribution < -0.4 is 10.1 Å². The number of hydrogen-bond acceptors (Lipinski definition) is 5. The fraction of sp³-hybridized carbons (Fsp3) is 0.158. The lowest BCUT2D eigenvalue weighted by Crippen LogP contribution is -2.15. The Bertz CT molecular complexity index is 1040. The summed E-state index contributed by atoms with van der Waals surface area (Å²) in [5.74, 6) is -1.33. The highest BCUT2D eigenvalue weighted by molar-refractivity contribution is 6.13. The lowest BCUT2D eigenvalue weighted by Gasteiger charge is -2.09. The zero-order valence-electron chi connectivity index (χ0n) is 14.7. The number of methoxy groups -OCH3 is 2. The average molecular weight is 393 g/mol. The van der Waals surface area contributed by atoms with E-state index in [4.69, 9.17) is 9.15 Å². The normalized spacial score (nSPS) is 11.3. The molecular formula is C19H14F3NO5. The van der Waals surface area contributed by atoms with Crippen molar-refractivity contribution in [1.82, 2.24) is 0 Å². The second-order valence-electron chi connectivity index (χ2n) is 5.69. The van der Waals surface area contributed by atoms with Crippen LogP contribution in [0.25, 0.3) is 11.0 Å². The van der Waals surface area contributed by atoms with Crippen LogP contribution in [0.15, 0.2) is 46.9 Å². The van der Waals surface area contributed by atoms with E-state index in [0.717, 1.165) is 31.4 Å². The number of nitrogens with one attached hydrogen (secondary N) is 1. The Kier molecular flexibility index (Phi) is 5.00. The van der Waals surface area contributed by atoms with Gasteiger partial charge in [0.25, 0.3) is 5.91 Å². The Morgan fingerprint density at radius 2 is 1.71 bits per heavy atom. The van der Waals surface area contributed by atoms with Crippen molar-refractivity contribution in [3.05, 3.63) is 59.4 Å². The first-order chi connectivity index (χ1) is 13.2. The van der Waals surface area contributed by atoms with E-state index >= 15 is 0 Å². The molecule has 0 aliphatic heterocycles. The van der Waals surface area contributed by atoms with E-state index in [2.05, 4.69) is 10.1 Å². The summed E-state index contributed by atoms with van der Waals surface area (Å²) in [7, 11) is 2.60. The molecule has 1 aromatic heterocycles. The van der Waals surface area contributed by atoms with Gasteiger partial charge >= 0.3 is 12.1 Å². The van der Waals surface area contributed by atoms with Crippen LogP contribution in [0.2, 0.25) is 0 Å². The minimum atomic E-state index is -4.51. The molecule has 0 fully saturated rings. The molecule has 3 rings (SSSR count). The summed E-state index contributed by atoms with van der Waals surface area (Å²) in [6.45, 7) is 0. The highest BCUT2D eigenvalue weighted by Gasteiger charge is 2.30. The van der Waals surface area contributed by atoms with Crippen LogP contribution in [0.5, 0.6) is 5.75 Å². The molecule has 6 nitrogen and oxygen atoms in total. The molecule has 0 bridgehead atoms. The van der Waals surface area contributed by atoms with E-state index in [1.165, 1.54) is 7.11 Å². The number of furan rings is 1. The van der Waals surface area contributed by atoms with Crippen LogP contribution in [0, 0.1) is 0 Å². The number of amides is 1. The van der Waals surface area contributed by atoms with Gasteiger partial charge in [0, 0.05) is 10.9 Å². The number of rotatable bonds is 4. The Labute approximate surface area is 156 Å². The Balaban J connectivity index is 2.00. The number of carbonyl (C=O) groups excluding carboxylic acids is 2. The lowest BCUT2D eigenvalue weighted by atomic mass is 10.1. The zero-order valence-corrected chi connectivity index (χ0v) is 14.7. The van der Waals surface area contributed by atoms with Crippen molar-refractivity contribution in [2.45, 2.75) is 6.18 Å². The minimum Gasteiger partial charge on any atom is -0.497 e. The van der Waals surface area contributed by atoms with Gasteiger partial charge in [0.05, 0.1) is 19.8 Å². The van der Waals surface area contributed by atoms with Crippen LogP contribution in [-0.2, 0) is 10.9 Å². The van der Waals surface area contributed by atoms with E-state index in [1.807, 2.05) is 0 Å². The van der Waals surface area contributed by atoms with Crippen LogP contribution >= 0.6 is 0 Å². The van der Waals surface area contributed by atoms with Gasteiger partial charge in [0.2, 0.25) is 5.76 Å². The first-order valence-corrected chi connectivity index (χ1v) is 7.92. The third-order valence-electron chi connectivity index (χ3n) is 3.98. The first kappa shape index (κ1) is 19.3. The van der Waals surface area contributed by atoms with Crippen molar-refractivity contribution >= 4 is 28.5 Å². The van der Waals surface area contributed by atoms with Crippen LogP contribution in [-0.4, -0.2) is 26.1 Å². The predicted octanol–water partition coefficient (Wildman–Crippen LogP) is 4.50. The molecule has 0 saturated carbocycles. The number of benzene rings is 2. The smallest absolute Gasteiger partial charge is 0.416 e. The lowest BCUT2D eigenvalue weighted by molar-refractivity contribution is -0.137. The molecule has 2 aromatic carbocycles. The quantitative estimate of drug-likeness (QED) is 0.661. The molecule has 0 spiro atoms. The third-order valence-corrected chi connectivity index (χ3v) is 3.98. The van der Waals surface area contributed by atoms with Crippen molar-refractivity contribution in [2.75, 3.05) is 19.5 Å². The molecule has 0 radical (unpaired) electrons. The van der Waals surface area contributed by atoms with Crippen molar-refractivity contribution in [3.8, 4) is 5.75 Å². The van der Waals surface area contributed by atoms with Gasteiger partial charge in [-0.05, 0) is 42.5 Å². The molecule has 0 saturated heterocycles. The fourth-order valence-corrected chi connectivity index (χ4v) is 2.56. The van der Waals surface area contributed by atoms with Gasteiger partial charge in [-0.2, -0.15) is 13.2 Å². The van der Waals surface area contributed by atoms with E-state index in [0.29, 0.717) is 16.7 Å². The molecule has 1 heterocycles. The standard InChI is InChI=1S/C19H14F3NO5/c1-26-12-7-8-14-13(9-12)15(16(28-14)18(25)27-2)23-17(24)10-3-5-11(6-4-10)19(20,21)22/h3-9H,1-2H3,(H,23,24). The molecule has 9 heteroatoms. The molecular weight excluding hydrogens is 379 g/mol. The third kappa shape index (κ3) is 3.64. The minimum absolute atomic E-state index is 0.0268. The highest BCUT2D eigenvalue weighted by Crippen LogP contribution is 2.34. The predicted molar refractivity (Wildman–Crippen MR) is 93.5 cm³/mol. The first-order valence-electron chi connectivity index (χ1n) is 7.92. The largest absolute Gasteiger partial charge is 0.497 e. The maximum absolute atomic E-state index is 12.7. The van der Waals surface area contributed by atoms with Gasteiger partial charge in [-0.25, -0.2) is 4.79 Å². The van der Waals surface area contributed by atoms with E-state index in [-0.39, 0.29) is 17.0 Å². The van der Waals surface area contributed by atoms with Crippen LogP contribution in [0.4, 0.5) is 18.9 Å². The zero-order chi connectivity index (χ0) is 20.5. The van der Waals surface area contributed by atoms with Crippen molar-refractivity contribution < 1.29 is 36.7 Å². The van der Waals surface area contributed by atoms with E-state index < -0.39 is 23.6 Å². The van der Waals surface area contributed by atoms with Crippen molar-refractivity contribution in [3.63, 3.8) is 0 Å². The summed E-state index contributed by atoms with van der Waals surface area (Å²) in [6.07, 6.45) is -4.51. The summed E-state index contributed by atoms with van der Waals surface area (Å²) in [6, 6.07) is 8.38. The number of alkyl halides is 3. The van der Waals surface area contributed by atoms with Crippen LogP contribution in [0.1, 0.15) is 26.5 Å². The molecule has 28 heavy (non-hydrogen) atoms. The SMILES string of the molecule is COC(=O)c1oc2ccc(OC)cc2c1NC(=O)c1ccc(C(F)(F)F)cc1.